The highest BCUT2D eigenvalue weighted by Crippen LogP contribution is 2.42. The van der Waals surface area contributed by atoms with E-state index in [1.807, 2.05) is 22.6 Å². The third-order valence-electron chi connectivity index (χ3n) is 3.19. The van der Waals surface area contributed by atoms with Gasteiger partial charge >= 0.3 is 0 Å². The highest BCUT2D eigenvalue weighted by molar-refractivity contribution is 14.1. The summed E-state index contributed by atoms with van der Waals surface area (Å²) < 4.78 is 20.0. The lowest BCUT2D eigenvalue weighted by molar-refractivity contribution is 0.417. The highest BCUT2D eigenvalue weighted by atomic mass is 127. The lowest BCUT2D eigenvalue weighted by atomic mass is 10.1. The average Bonchev–Trinajstić information content (AvgIpc) is 2.97. The number of aromatic nitrogens is 2. The number of nitroso groups, excluding NO2 is 1. The number of rotatable bonds is 4. The van der Waals surface area contributed by atoms with Crippen LogP contribution in [0.2, 0.25) is 0 Å². The Morgan fingerprint density at radius 2 is 2.23 bits per heavy atom. The number of hydrogen-bond donors (Lipinski definition) is 2. The van der Waals surface area contributed by atoms with Gasteiger partial charge in [0, 0.05) is 15.0 Å². The summed E-state index contributed by atoms with van der Waals surface area (Å²) in [6, 6.07) is 6.36. The molecule has 0 unspecified atom stereocenters. The minimum atomic E-state index is -0.428. The summed E-state index contributed by atoms with van der Waals surface area (Å²) in [5.41, 5.74) is 1.30. The zero-order valence-corrected chi connectivity index (χ0v) is 13.5. The summed E-state index contributed by atoms with van der Waals surface area (Å²) in [5, 5.41) is 13.3. The number of aromatic amines is 1. The maximum absolute atomic E-state index is 14.0. The number of hydrogen-bond acceptors (Lipinski definition) is 5. The Balaban J connectivity index is 2.20. The maximum atomic E-state index is 14.0. The van der Waals surface area contributed by atoms with E-state index < -0.39 is 5.82 Å². The van der Waals surface area contributed by atoms with E-state index in [4.69, 9.17) is 4.74 Å². The van der Waals surface area contributed by atoms with E-state index in [2.05, 4.69) is 20.7 Å². The van der Waals surface area contributed by atoms with Gasteiger partial charge in [-0.05, 0) is 46.0 Å². The predicted molar refractivity (Wildman–Crippen MR) is 90.5 cm³/mol. The second-order valence-electron chi connectivity index (χ2n) is 4.47. The van der Waals surface area contributed by atoms with Crippen LogP contribution in [0.1, 0.15) is 0 Å². The summed E-state index contributed by atoms with van der Waals surface area (Å²) in [7, 11) is 1.43. The van der Waals surface area contributed by atoms with Gasteiger partial charge in [0.1, 0.15) is 5.82 Å². The number of halogens is 2. The second kappa shape index (κ2) is 5.87. The molecule has 0 radical (unpaired) electrons. The van der Waals surface area contributed by atoms with Crippen LogP contribution in [0.4, 0.5) is 21.5 Å². The van der Waals surface area contributed by atoms with Crippen LogP contribution in [0, 0.1) is 14.3 Å². The van der Waals surface area contributed by atoms with Crippen LogP contribution in [0.15, 0.2) is 35.6 Å². The van der Waals surface area contributed by atoms with Gasteiger partial charge in [-0.3, -0.25) is 5.10 Å². The van der Waals surface area contributed by atoms with Crippen molar-refractivity contribution in [3.8, 4) is 5.75 Å². The van der Waals surface area contributed by atoms with Crippen molar-refractivity contribution in [1.82, 2.24) is 10.2 Å². The summed E-state index contributed by atoms with van der Waals surface area (Å²) >= 11 is 2.02. The number of ether oxygens (including phenoxy) is 1. The molecule has 0 bridgehead atoms. The predicted octanol–water partition coefficient (Wildman–Crippen LogP) is 4.46. The summed E-state index contributed by atoms with van der Waals surface area (Å²) in [6.07, 6.45) is 1.54. The van der Waals surface area contributed by atoms with Gasteiger partial charge in [0.2, 0.25) is 0 Å². The van der Waals surface area contributed by atoms with Crippen molar-refractivity contribution < 1.29 is 9.13 Å². The number of nitrogens with zero attached hydrogens (tertiary/aromatic N) is 2. The molecule has 6 nitrogen and oxygen atoms in total. The Morgan fingerprint density at radius 3 is 2.91 bits per heavy atom. The van der Waals surface area contributed by atoms with Crippen LogP contribution in [0.5, 0.6) is 5.75 Å². The molecule has 0 amide bonds. The standard InChI is InChI=1S/C14H10FIN4O2/c1-22-12-5-11-8(6-17-19-11)13(14(12)20-21)18-10-3-2-7(16)4-9(10)15/h2-6,18H,1H3,(H,17,19). The van der Waals surface area contributed by atoms with E-state index in [1.165, 1.54) is 19.4 Å². The highest BCUT2D eigenvalue weighted by Gasteiger charge is 2.18. The minimum Gasteiger partial charge on any atom is -0.494 e. The molecule has 3 aromatic rings. The third-order valence-corrected chi connectivity index (χ3v) is 3.86. The topological polar surface area (TPSA) is 79.4 Å². The summed E-state index contributed by atoms with van der Waals surface area (Å²) in [4.78, 5) is 11.2. The van der Waals surface area contributed by atoms with Gasteiger partial charge in [-0.15, -0.1) is 4.91 Å². The molecule has 0 spiro atoms. The van der Waals surface area contributed by atoms with Crippen LogP contribution >= 0.6 is 22.6 Å². The first-order chi connectivity index (χ1) is 10.6. The number of H-pyrrole nitrogens is 1. The SMILES string of the molecule is COc1cc2[nH]ncc2c(Nc2ccc(I)cc2F)c1N=O. The molecule has 0 aliphatic heterocycles. The molecule has 2 aromatic carbocycles. The first kappa shape index (κ1) is 14.7. The van der Waals surface area contributed by atoms with Crippen molar-refractivity contribution in [2.75, 3.05) is 12.4 Å². The fourth-order valence-electron chi connectivity index (χ4n) is 2.15. The largest absolute Gasteiger partial charge is 0.494 e. The van der Waals surface area contributed by atoms with Gasteiger partial charge in [-0.25, -0.2) is 4.39 Å². The maximum Gasteiger partial charge on any atom is 0.174 e. The normalized spacial score (nSPS) is 10.7. The van der Waals surface area contributed by atoms with Gasteiger partial charge in [0.15, 0.2) is 11.4 Å². The molecule has 0 fully saturated rings. The zero-order chi connectivity index (χ0) is 15.7. The molecule has 1 heterocycles. The van der Waals surface area contributed by atoms with Crippen molar-refractivity contribution in [2.24, 2.45) is 5.18 Å². The molecule has 0 aliphatic carbocycles. The number of anilines is 2. The van der Waals surface area contributed by atoms with Gasteiger partial charge in [0.25, 0.3) is 0 Å². The first-order valence-corrected chi connectivity index (χ1v) is 7.31. The Kier molecular flexibility index (Phi) is 3.92. The van der Waals surface area contributed by atoms with Gasteiger partial charge in [-0.2, -0.15) is 5.10 Å². The van der Waals surface area contributed by atoms with Gasteiger partial charge < -0.3 is 10.1 Å². The number of nitrogens with one attached hydrogen (secondary N) is 2. The summed E-state index contributed by atoms with van der Waals surface area (Å²) in [6.45, 7) is 0. The fourth-order valence-corrected chi connectivity index (χ4v) is 2.61. The second-order valence-corrected chi connectivity index (χ2v) is 5.72. The van der Waals surface area contributed by atoms with E-state index in [0.717, 1.165) is 3.57 Å². The van der Waals surface area contributed by atoms with Gasteiger partial charge in [0.05, 0.1) is 30.2 Å². The number of methoxy groups -OCH3 is 1. The van der Waals surface area contributed by atoms with Crippen molar-refractivity contribution in [3.63, 3.8) is 0 Å². The van der Waals surface area contributed by atoms with Crippen LogP contribution < -0.4 is 10.1 Å². The molecule has 0 saturated carbocycles. The smallest absolute Gasteiger partial charge is 0.174 e. The Bertz CT molecular complexity index is 865. The van der Waals surface area contributed by atoms with Crippen LogP contribution in [0.25, 0.3) is 10.9 Å². The Morgan fingerprint density at radius 1 is 1.41 bits per heavy atom. The molecule has 0 atom stereocenters. The monoisotopic (exact) mass is 412 g/mol. The molecule has 0 saturated heterocycles. The van der Waals surface area contributed by atoms with Crippen molar-refractivity contribution in [1.29, 1.82) is 0 Å². The molecule has 22 heavy (non-hydrogen) atoms. The van der Waals surface area contributed by atoms with Crippen LogP contribution in [-0.2, 0) is 0 Å². The van der Waals surface area contributed by atoms with Crippen molar-refractivity contribution >= 4 is 50.6 Å². The molecule has 3 rings (SSSR count). The van der Waals surface area contributed by atoms with Crippen LogP contribution in [-0.4, -0.2) is 17.3 Å². The minimum absolute atomic E-state index is 0.0642. The number of fused-ring (bicyclic) bond motifs is 1. The van der Waals surface area contributed by atoms with E-state index in [-0.39, 0.29) is 17.1 Å². The lowest BCUT2D eigenvalue weighted by Gasteiger charge is -2.13. The molecule has 0 aliphatic rings. The quantitative estimate of drug-likeness (QED) is 0.490. The van der Waals surface area contributed by atoms with E-state index in [0.29, 0.717) is 16.6 Å². The number of benzene rings is 2. The lowest BCUT2D eigenvalue weighted by Crippen LogP contribution is -1.97. The Labute approximate surface area is 138 Å². The third kappa shape index (κ3) is 2.49. The zero-order valence-electron chi connectivity index (χ0n) is 11.4. The van der Waals surface area contributed by atoms with E-state index >= 15 is 0 Å². The Hall–Kier alpha value is -2.23. The molecule has 2 N–H and O–H groups in total. The fraction of sp³-hybridized carbons (Fsp3) is 0.0714. The van der Waals surface area contributed by atoms with E-state index in [9.17, 15) is 9.30 Å². The molecule has 8 heteroatoms. The molecule has 1 aromatic heterocycles. The average molecular weight is 412 g/mol. The first-order valence-electron chi connectivity index (χ1n) is 6.23. The van der Waals surface area contributed by atoms with E-state index in [1.54, 1.807) is 18.2 Å². The van der Waals surface area contributed by atoms with Crippen molar-refractivity contribution in [2.45, 2.75) is 0 Å². The molecular weight excluding hydrogens is 402 g/mol. The summed E-state index contributed by atoms with van der Waals surface area (Å²) in [5.74, 6) is -0.150. The molecular formula is C14H10FIN4O2. The van der Waals surface area contributed by atoms with Gasteiger partial charge in [-0.1, -0.05) is 0 Å². The van der Waals surface area contributed by atoms with Crippen LogP contribution in [0.3, 0.4) is 0 Å². The molecule has 112 valence electrons. The van der Waals surface area contributed by atoms with Crippen molar-refractivity contribution in [3.05, 3.63) is 44.8 Å².